The highest BCUT2D eigenvalue weighted by Crippen LogP contribution is 2.27. The molecule has 1 aliphatic heterocycles. The molecule has 0 aromatic carbocycles. The maximum Gasteiger partial charge on any atom is 0.357 e. The monoisotopic (exact) mass is 297 g/mol. The molecule has 112 valence electrons. The van der Waals surface area contributed by atoms with Crippen LogP contribution in [0.25, 0.3) is 0 Å². The first-order valence-electron chi connectivity index (χ1n) is 7.04. The van der Waals surface area contributed by atoms with Gasteiger partial charge in [-0.2, -0.15) is 0 Å². The third kappa shape index (κ3) is 3.49. The zero-order valence-corrected chi connectivity index (χ0v) is 13.5. The van der Waals surface area contributed by atoms with E-state index in [-0.39, 0.29) is 5.97 Å². The molecule has 2 rings (SSSR count). The average Bonchev–Trinajstić information content (AvgIpc) is 2.80. The molecule has 0 saturated carbocycles. The van der Waals surface area contributed by atoms with Crippen molar-refractivity contribution < 1.29 is 9.53 Å². The Morgan fingerprint density at radius 1 is 1.35 bits per heavy atom. The largest absolute Gasteiger partial charge is 0.464 e. The van der Waals surface area contributed by atoms with Gasteiger partial charge in [0.05, 0.1) is 7.11 Å². The molecule has 0 atom stereocenters. The van der Waals surface area contributed by atoms with Crippen molar-refractivity contribution in [3.63, 3.8) is 0 Å². The normalized spacial score (nSPS) is 16.8. The van der Waals surface area contributed by atoms with Gasteiger partial charge in [0.15, 0.2) is 10.8 Å². The standard InChI is InChI=1S/C14H23N3O2S/c1-10(2)9-16-5-7-17(8-6-16)14-15-12(11(3)20-14)13(18)19-4/h10H,5-9H2,1-4H3. The Morgan fingerprint density at radius 2 is 2.00 bits per heavy atom. The molecule has 5 nitrogen and oxygen atoms in total. The second kappa shape index (κ2) is 6.54. The lowest BCUT2D eigenvalue weighted by atomic mass is 10.2. The van der Waals surface area contributed by atoms with Crippen molar-refractivity contribution in [3.8, 4) is 0 Å². The predicted octanol–water partition coefficient (Wildman–Crippen LogP) is 2.02. The van der Waals surface area contributed by atoms with Gasteiger partial charge in [0.25, 0.3) is 0 Å². The fourth-order valence-corrected chi connectivity index (χ4v) is 3.39. The topological polar surface area (TPSA) is 45.7 Å². The van der Waals surface area contributed by atoms with Gasteiger partial charge in [-0.15, -0.1) is 11.3 Å². The minimum atomic E-state index is -0.344. The number of rotatable bonds is 4. The minimum Gasteiger partial charge on any atom is -0.464 e. The number of hydrogen-bond acceptors (Lipinski definition) is 6. The number of aromatic nitrogens is 1. The molecule has 6 heteroatoms. The van der Waals surface area contributed by atoms with Crippen LogP contribution in [0.4, 0.5) is 5.13 Å². The second-order valence-corrected chi connectivity index (χ2v) is 6.76. The molecule has 2 heterocycles. The van der Waals surface area contributed by atoms with Crippen LogP contribution in [0.1, 0.15) is 29.2 Å². The molecule has 0 unspecified atom stereocenters. The molecule has 1 fully saturated rings. The molecule has 1 aromatic heterocycles. The number of hydrogen-bond donors (Lipinski definition) is 0. The van der Waals surface area contributed by atoms with Gasteiger partial charge >= 0.3 is 5.97 Å². The number of ether oxygens (including phenoxy) is 1. The van der Waals surface area contributed by atoms with E-state index in [0.29, 0.717) is 11.6 Å². The van der Waals surface area contributed by atoms with E-state index < -0.39 is 0 Å². The van der Waals surface area contributed by atoms with Crippen LogP contribution in [0, 0.1) is 12.8 Å². The average molecular weight is 297 g/mol. The predicted molar refractivity (Wildman–Crippen MR) is 81.7 cm³/mol. The molecule has 20 heavy (non-hydrogen) atoms. The zero-order chi connectivity index (χ0) is 14.7. The lowest BCUT2D eigenvalue weighted by molar-refractivity contribution is 0.0594. The van der Waals surface area contributed by atoms with E-state index in [0.717, 1.165) is 42.7 Å². The van der Waals surface area contributed by atoms with Gasteiger partial charge in [-0.1, -0.05) is 13.8 Å². The number of piperazine rings is 1. The Balaban J connectivity index is 1.99. The van der Waals surface area contributed by atoms with E-state index >= 15 is 0 Å². The van der Waals surface area contributed by atoms with Gasteiger partial charge in [0.2, 0.25) is 0 Å². The number of methoxy groups -OCH3 is 1. The second-order valence-electron chi connectivity index (χ2n) is 5.57. The summed E-state index contributed by atoms with van der Waals surface area (Å²) in [5, 5.41) is 0.937. The van der Waals surface area contributed by atoms with Gasteiger partial charge in [-0.3, -0.25) is 4.90 Å². The highest BCUT2D eigenvalue weighted by molar-refractivity contribution is 7.15. The van der Waals surface area contributed by atoms with Gasteiger partial charge in [-0.25, -0.2) is 9.78 Å². The van der Waals surface area contributed by atoms with Crippen molar-refractivity contribution in [1.29, 1.82) is 0 Å². The molecule has 0 amide bonds. The highest BCUT2D eigenvalue weighted by atomic mass is 32.1. The van der Waals surface area contributed by atoms with Crippen molar-refractivity contribution in [2.24, 2.45) is 5.92 Å². The van der Waals surface area contributed by atoms with Gasteiger partial charge in [-0.05, 0) is 12.8 Å². The molecular formula is C14H23N3O2S. The Labute approximate surface area is 124 Å². The number of esters is 1. The number of carbonyl (C=O) groups is 1. The van der Waals surface area contributed by atoms with Crippen molar-refractivity contribution in [2.45, 2.75) is 20.8 Å². The fourth-order valence-electron chi connectivity index (χ4n) is 2.44. The molecule has 0 spiro atoms. The Morgan fingerprint density at radius 3 is 2.55 bits per heavy atom. The van der Waals surface area contributed by atoms with E-state index in [4.69, 9.17) is 4.74 Å². The molecule has 0 bridgehead atoms. The van der Waals surface area contributed by atoms with E-state index in [9.17, 15) is 4.79 Å². The summed E-state index contributed by atoms with van der Waals surface area (Å²) < 4.78 is 4.76. The first-order chi connectivity index (χ1) is 9.51. The number of aryl methyl sites for hydroxylation is 1. The van der Waals surface area contributed by atoms with Crippen LogP contribution in [0.3, 0.4) is 0 Å². The smallest absolute Gasteiger partial charge is 0.357 e. The molecular weight excluding hydrogens is 274 g/mol. The fraction of sp³-hybridized carbons (Fsp3) is 0.714. The third-order valence-electron chi connectivity index (χ3n) is 3.43. The lowest BCUT2D eigenvalue weighted by Crippen LogP contribution is -2.47. The summed E-state index contributed by atoms with van der Waals surface area (Å²) in [4.78, 5) is 21.7. The molecule has 1 aromatic rings. The van der Waals surface area contributed by atoms with Gasteiger partial charge in [0.1, 0.15) is 0 Å². The van der Waals surface area contributed by atoms with Crippen molar-refractivity contribution in [2.75, 3.05) is 44.7 Å². The summed E-state index contributed by atoms with van der Waals surface area (Å²) in [6.45, 7) is 11.6. The van der Waals surface area contributed by atoms with Gasteiger partial charge < -0.3 is 9.64 Å². The van der Waals surface area contributed by atoms with Crippen LogP contribution in [0.15, 0.2) is 0 Å². The SMILES string of the molecule is COC(=O)c1nc(N2CCN(CC(C)C)CC2)sc1C. The van der Waals surface area contributed by atoms with Crippen LogP contribution in [-0.4, -0.2) is 55.7 Å². The van der Waals surface area contributed by atoms with Gasteiger partial charge in [0, 0.05) is 37.6 Å². The number of anilines is 1. The summed E-state index contributed by atoms with van der Waals surface area (Å²) in [5.74, 6) is 0.359. The van der Waals surface area contributed by atoms with E-state index in [1.165, 1.54) is 7.11 Å². The summed E-state index contributed by atoms with van der Waals surface area (Å²) in [5.41, 5.74) is 0.456. The molecule has 0 aliphatic carbocycles. The quantitative estimate of drug-likeness (QED) is 0.796. The van der Waals surface area contributed by atoms with Crippen molar-refractivity contribution >= 4 is 22.4 Å². The van der Waals surface area contributed by atoms with E-state index in [1.807, 2.05) is 6.92 Å². The number of nitrogens with zero attached hydrogens (tertiary/aromatic N) is 3. The Hall–Kier alpha value is -1.14. The van der Waals surface area contributed by atoms with Crippen LogP contribution < -0.4 is 4.90 Å². The molecule has 0 radical (unpaired) electrons. The summed E-state index contributed by atoms with van der Waals surface area (Å²) in [7, 11) is 1.39. The minimum absolute atomic E-state index is 0.344. The van der Waals surface area contributed by atoms with E-state index in [1.54, 1.807) is 11.3 Å². The first-order valence-corrected chi connectivity index (χ1v) is 7.86. The summed E-state index contributed by atoms with van der Waals surface area (Å²) >= 11 is 1.58. The maximum absolute atomic E-state index is 11.6. The zero-order valence-electron chi connectivity index (χ0n) is 12.7. The Kier molecular flexibility index (Phi) is 4.99. The van der Waals surface area contributed by atoms with Crippen LogP contribution >= 0.6 is 11.3 Å². The lowest BCUT2D eigenvalue weighted by Gasteiger charge is -2.35. The van der Waals surface area contributed by atoms with Crippen LogP contribution in [0.5, 0.6) is 0 Å². The highest BCUT2D eigenvalue weighted by Gasteiger charge is 2.23. The number of thiazole rings is 1. The molecule has 0 N–H and O–H groups in total. The summed E-state index contributed by atoms with van der Waals surface area (Å²) in [6.07, 6.45) is 0. The third-order valence-corrected chi connectivity index (χ3v) is 4.46. The Bertz CT molecular complexity index is 465. The van der Waals surface area contributed by atoms with Crippen LogP contribution in [-0.2, 0) is 4.74 Å². The van der Waals surface area contributed by atoms with Crippen molar-refractivity contribution in [3.05, 3.63) is 10.6 Å². The van der Waals surface area contributed by atoms with Crippen molar-refractivity contribution in [1.82, 2.24) is 9.88 Å². The van der Waals surface area contributed by atoms with Crippen LogP contribution in [0.2, 0.25) is 0 Å². The summed E-state index contributed by atoms with van der Waals surface area (Å²) in [6, 6.07) is 0. The molecule has 1 aliphatic rings. The number of carbonyl (C=O) groups excluding carboxylic acids is 1. The maximum atomic E-state index is 11.6. The van der Waals surface area contributed by atoms with E-state index in [2.05, 4.69) is 28.6 Å². The molecule has 1 saturated heterocycles. The first kappa shape index (κ1) is 15.3.